The van der Waals surface area contributed by atoms with Gasteiger partial charge in [-0.2, -0.15) is 5.26 Å². The first-order chi connectivity index (χ1) is 9.00. The van der Waals surface area contributed by atoms with Crippen LogP contribution in [0.5, 0.6) is 5.75 Å². The van der Waals surface area contributed by atoms with Crippen molar-refractivity contribution >= 4 is 0 Å². The van der Waals surface area contributed by atoms with Crippen molar-refractivity contribution in [2.24, 2.45) is 0 Å². The van der Waals surface area contributed by atoms with Gasteiger partial charge < -0.3 is 4.74 Å². The summed E-state index contributed by atoms with van der Waals surface area (Å²) in [4.78, 5) is 0. The molecule has 1 aromatic carbocycles. The van der Waals surface area contributed by atoms with Gasteiger partial charge in [0.1, 0.15) is 11.3 Å². The molecule has 0 aliphatic rings. The van der Waals surface area contributed by atoms with Crippen molar-refractivity contribution in [3.8, 4) is 11.8 Å². The number of nitrogens with zero attached hydrogens (tertiary/aromatic N) is 1. The molecule has 19 heavy (non-hydrogen) atoms. The highest BCUT2D eigenvalue weighted by Gasteiger charge is 2.22. The van der Waals surface area contributed by atoms with Gasteiger partial charge in [0.25, 0.3) is 0 Å². The van der Waals surface area contributed by atoms with Crippen molar-refractivity contribution in [1.29, 1.82) is 5.26 Å². The topological polar surface area (TPSA) is 45.0 Å². The zero-order valence-electron chi connectivity index (χ0n) is 12.4. The molecule has 1 unspecified atom stereocenters. The molecule has 0 radical (unpaired) electrons. The van der Waals surface area contributed by atoms with Crippen LogP contribution < -0.4 is 10.1 Å². The Labute approximate surface area is 116 Å². The van der Waals surface area contributed by atoms with E-state index >= 15 is 0 Å². The van der Waals surface area contributed by atoms with Crippen molar-refractivity contribution < 1.29 is 4.74 Å². The summed E-state index contributed by atoms with van der Waals surface area (Å²) in [5.41, 5.74) is 1.81. The van der Waals surface area contributed by atoms with Crippen LogP contribution in [-0.4, -0.2) is 18.7 Å². The Morgan fingerprint density at radius 2 is 2.11 bits per heavy atom. The molecule has 0 saturated heterocycles. The summed E-state index contributed by atoms with van der Waals surface area (Å²) in [7, 11) is 0. The van der Waals surface area contributed by atoms with Crippen LogP contribution in [0.25, 0.3) is 0 Å². The van der Waals surface area contributed by atoms with Gasteiger partial charge in [-0.3, -0.25) is 5.32 Å². The van der Waals surface area contributed by atoms with Gasteiger partial charge in [-0.15, -0.1) is 0 Å². The third-order valence-corrected chi connectivity index (χ3v) is 3.22. The van der Waals surface area contributed by atoms with Crippen LogP contribution in [0.4, 0.5) is 0 Å². The van der Waals surface area contributed by atoms with Gasteiger partial charge in [0.2, 0.25) is 0 Å². The molecule has 0 heterocycles. The van der Waals surface area contributed by atoms with E-state index in [4.69, 9.17) is 4.74 Å². The monoisotopic (exact) mass is 260 g/mol. The number of hydrogen-bond donors (Lipinski definition) is 1. The van der Waals surface area contributed by atoms with Crippen molar-refractivity contribution in [3.63, 3.8) is 0 Å². The van der Waals surface area contributed by atoms with E-state index < -0.39 is 5.54 Å². The van der Waals surface area contributed by atoms with Gasteiger partial charge in [0.15, 0.2) is 0 Å². The second-order valence-corrected chi connectivity index (χ2v) is 5.24. The molecular weight excluding hydrogens is 236 g/mol. The summed E-state index contributed by atoms with van der Waals surface area (Å²) >= 11 is 0. The number of benzene rings is 1. The van der Waals surface area contributed by atoms with Crippen LogP contribution in [0.2, 0.25) is 0 Å². The summed E-state index contributed by atoms with van der Waals surface area (Å²) in [6, 6.07) is 8.51. The minimum atomic E-state index is -0.506. The van der Waals surface area contributed by atoms with Crippen LogP contribution in [0.3, 0.4) is 0 Å². The van der Waals surface area contributed by atoms with E-state index in [1.54, 1.807) is 0 Å². The third-order valence-electron chi connectivity index (χ3n) is 3.22. The minimum Gasteiger partial charge on any atom is -0.493 e. The van der Waals surface area contributed by atoms with Gasteiger partial charge in [-0.05, 0) is 50.9 Å². The first-order valence-corrected chi connectivity index (χ1v) is 6.87. The maximum Gasteiger partial charge on any atom is 0.122 e. The normalized spacial score (nSPS) is 13.6. The molecule has 0 aliphatic heterocycles. The molecule has 0 saturated carbocycles. The molecule has 0 spiro atoms. The van der Waals surface area contributed by atoms with Crippen LogP contribution in [-0.2, 0) is 0 Å². The zero-order chi connectivity index (χ0) is 14.3. The second-order valence-electron chi connectivity index (χ2n) is 5.24. The van der Waals surface area contributed by atoms with Crippen LogP contribution in [0.1, 0.15) is 37.8 Å². The molecule has 3 nitrogen and oxygen atoms in total. The minimum absolute atomic E-state index is 0.506. The van der Waals surface area contributed by atoms with E-state index in [9.17, 15) is 5.26 Å². The summed E-state index contributed by atoms with van der Waals surface area (Å²) in [6.07, 6.45) is 1.70. The molecule has 1 rings (SSSR count). The fourth-order valence-corrected chi connectivity index (χ4v) is 1.81. The quantitative estimate of drug-likeness (QED) is 0.817. The molecule has 1 aromatic rings. The highest BCUT2D eigenvalue weighted by molar-refractivity contribution is 5.35. The Morgan fingerprint density at radius 1 is 1.37 bits per heavy atom. The highest BCUT2D eigenvalue weighted by Crippen LogP contribution is 2.20. The molecule has 1 N–H and O–H groups in total. The molecule has 0 aromatic heterocycles. The smallest absolute Gasteiger partial charge is 0.122 e. The molecule has 0 aliphatic carbocycles. The maximum absolute atomic E-state index is 9.24. The molecular formula is C16H24N2O. The lowest BCUT2D eigenvalue weighted by atomic mass is 10.0. The lowest BCUT2D eigenvalue weighted by molar-refractivity contribution is 0.266. The molecule has 0 amide bonds. The van der Waals surface area contributed by atoms with E-state index in [1.165, 1.54) is 5.56 Å². The van der Waals surface area contributed by atoms with Gasteiger partial charge in [0.05, 0.1) is 12.7 Å². The number of rotatable bonds is 7. The first-order valence-electron chi connectivity index (χ1n) is 6.87. The van der Waals surface area contributed by atoms with Crippen molar-refractivity contribution in [2.45, 2.75) is 46.1 Å². The average molecular weight is 260 g/mol. The fraction of sp³-hybridized carbons (Fsp3) is 0.562. The molecule has 104 valence electrons. The number of ether oxygens (including phenoxy) is 1. The van der Waals surface area contributed by atoms with Crippen molar-refractivity contribution in [1.82, 2.24) is 5.32 Å². The summed E-state index contributed by atoms with van der Waals surface area (Å²) in [5.74, 6) is 0.913. The number of aryl methyl sites for hydroxylation is 2. The van der Waals surface area contributed by atoms with Crippen molar-refractivity contribution in [3.05, 3.63) is 29.3 Å². The summed E-state index contributed by atoms with van der Waals surface area (Å²) in [5, 5.41) is 12.5. The predicted octanol–water partition coefficient (Wildman–Crippen LogP) is 3.35. The first kappa shape index (κ1) is 15.5. The van der Waals surface area contributed by atoms with Crippen molar-refractivity contribution in [2.75, 3.05) is 13.2 Å². The zero-order valence-corrected chi connectivity index (χ0v) is 12.4. The van der Waals surface area contributed by atoms with Crippen LogP contribution in [0.15, 0.2) is 18.2 Å². The highest BCUT2D eigenvalue weighted by atomic mass is 16.5. The predicted molar refractivity (Wildman–Crippen MR) is 78.3 cm³/mol. The standard InChI is InChI=1S/C16H24N2O/c1-5-9-18-16(4,12-17)8-10-19-15-11-13(2)6-7-14(15)3/h6-7,11,18H,5,8-10H2,1-4H3. The van der Waals surface area contributed by atoms with Gasteiger partial charge in [0, 0.05) is 6.42 Å². The van der Waals surface area contributed by atoms with E-state index in [1.807, 2.05) is 19.9 Å². The largest absolute Gasteiger partial charge is 0.493 e. The molecule has 1 atom stereocenters. The Hall–Kier alpha value is -1.53. The van der Waals surface area contributed by atoms with Gasteiger partial charge in [-0.25, -0.2) is 0 Å². The second kappa shape index (κ2) is 7.16. The molecule has 3 heteroatoms. The Morgan fingerprint density at radius 3 is 2.74 bits per heavy atom. The number of nitrogens with one attached hydrogen (secondary N) is 1. The SMILES string of the molecule is CCCNC(C)(C#N)CCOc1cc(C)ccc1C. The molecule has 0 bridgehead atoms. The van der Waals surface area contributed by atoms with Gasteiger partial charge >= 0.3 is 0 Å². The summed E-state index contributed by atoms with van der Waals surface area (Å²) < 4.78 is 5.80. The summed E-state index contributed by atoms with van der Waals surface area (Å²) in [6.45, 7) is 9.51. The fourth-order valence-electron chi connectivity index (χ4n) is 1.81. The van der Waals surface area contributed by atoms with E-state index in [-0.39, 0.29) is 0 Å². The Bertz CT molecular complexity index is 451. The Kier molecular flexibility index (Phi) is 5.85. The van der Waals surface area contributed by atoms with E-state index in [0.29, 0.717) is 13.0 Å². The van der Waals surface area contributed by atoms with Gasteiger partial charge in [-0.1, -0.05) is 19.1 Å². The van der Waals surface area contributed by atoms with Crippen LogP contribution in [0, 0.1) is 25.2 Å². The Balaban J connectivity index is 2.53. The lowest BCUT2D eigenvalue weighted by Gasteiger charge is -2.23. The van der Waals surface area contributed by atoms with Crippen LogP contribution >= 0.6 is 0 Å². The molecule has 0 fully saturated rings. The maximum atomic E-state index is 9.24. The average Bonchev–Trinajstić information content (AvgIpc) is 2.40. The number of hydrogen-bond acceptors (Lipinski definition) is 3. The number of nitriles is 1. The lowest BCUT2D eigenvalue weighted by Crippen LogP contribution is -2.42. The third kappa shape index (κ3) is 4.92. The van der Waals surface area contributed by atoms with E-state index in [0.717, 1.165) is 24.3 Å². The van der Waals surface area contributed by atoms with E-state index in [2.05, 4.69) is 37.4 Å².